The van der Waals surface area contributed by atoms with Gasteiger partial charge in [0.15, 0.2) is 0 Å². The number of rotatable bonds is 4. The number of halogens is 2. The number of piperidine rings is 1. The van der Waals surface area contributed by atoms with E-state index in [-0.39, 0.29) is 16.6 Å². The van der Waals surface area contributed by atoms with Crippen molar-refractivity contribution in [3.63, 3.8) is 0 Å². The fraction of sp³-hybridized carbons (Fsp3) is 0.571. The molecule has 1 aliphatic heterocycles. The fourth-order valence-electron chi connectivity index (χ4n) is 2.57. The second kappa shape index (κ2) is 6.27. The summed E-state index contributed by atoms with van der Waals surface area (Å²) in [5.41, 5.74) is 0.263. The van der Waals surface area contributed by atoms with Crippen molar-refractivity contribution in [2.75, 3.05) is 18.9 Å². The van der Waals surface area contributed by atoms with Crippen LogP contribution in [0.25, 0.3) is 0 Å². The van der Waals surface area contributed by atoms with E-state index < -0.39 is 15.6 Å². The van der Waals surface area contributed by atoms with Gasteiger partial charge in [-0.1, -0.05) is 12.1 Å². The van der Waals surface area contributed by atoms with E-state index in [0.29, 0.717) is 6.04 Å². The molecule has 21 heavy (non-hydrogen) atoms. The highest BCUT2D eigenvalue weighted by molar-refractivity contribution is 7.91. The lowest BCUT2D eigenvalue weighted by molar-refractivity contribution is 0.190. The number of anilines is 1. The molecule has 7 heteroatoms. The van der Waals surface area contributed by atoms with Gasteiger partial charge >= 0.3 is 5.76 Å². The third-order valence-electron chi connectivity index (χ3n) is 4.00. The van der Waals surface area contributed by atoms with Crippen LogP contribution in [0.5, 0.6) is 0 Å². The molecule has 0 aromatic heterocycles. The van der Waals surface area contributed by atoms with E-state index in [1.54, 1.807) is 6.07 Å². The van der Waals surface area contributed by atoms with Crippen molar-refractivity contribution in [3.8, 4) is 0 Å². The molecule has 0 spiro atoms. The normalized spacial score (nSPS) is 24.2. The first-order valence-corrected chi connectivity index (χ1v) is 8.45. The largest absolute Gasteiger partial charge is 0.381 e. The fourth-order valence-corrected chi connectivity index (χ4v) is 3.46. The van der Waals surface area contributed by atoms with E-state index >= 15 is 0 Å². The van der Waals surface area contributed by atoms with Crippen molar-refractivity contribution in [3.05, 3.63) is 24.3 Å². The van der Waals surface area contributed by atoms with Crippen LogP contribution >= 0.6 is 0 Å². The van der Waals surface area contributed by atoms with Gasteiger partial charge in [-0.15, -0.1) is 0 Å². The Hall–Kier alpha value is -1.21. The zero-order valence-corrected chi connectivity index (χ0v) is 12.9. The van der Waals surface area contributed by atoms with Crippen molar-refractivity contribution in [2.24, 2.45) is 0 Å². The van der Waals surface area contributed by atoms with E-state index in [0.717, 1.165) is 19.4 Å². The molecule has 0 aliphatic carbocycles. The number of benzene rings is 1. The Labute approximate surface area is 124 Å². The number of nitrogens with zero attached hydrogens (tertiary/aromatic N) is 1. The van der Waals surface area contributed by atoms with Crippen LogP contribution in [0.4, 0.5) is 14.5 Å². The summed E-state index contributed by atoms with van der Waals surface area (Å²) >= 11 is 0. The predicted octanol–water partition coefficient (Wildman–Crippen LogP) is 2.58. The van der Waals surface area contributed by atoms with Crippen LogP contribution in [0.1, 0.15) is 19.8 Å². The molecule has 1 aromatic carbocycles. The lowest BCUT2D eigenvalue weighted by Crippen LogP contribution is -2.42. The average molecular weight is 318 g/mol. The molecule has 2 unspecified atom stereocenters. The molecule has 1 aromatic rings. The van der Waals surface area contributed by atoms with Crippen LogP contribution in [-0.2, 0) is 9.84 Å². The molecule has 118 valence electrons. The molecule has 1 saturated heterocycles. The Morgan fingerprint density at radius 2 is 2.00 bits per heavy atom. The van der Waals surface area contributed by atoms with Gasteiger partial charge in [-0.2, -0.15) is 8.78 Å². The molecule has 4 nitrogen and oxygen atoms in total. The number of likely N-dealkylation sites (tertiary alicyclic amines) is 1. The van der Waals surface area contributed by atoms with Gasteiger partial charge in [0.1, 0.15) is 0 Å². The standard InChI is InChI=1S/C14H20F2N2O2S/c1-10-9-11(7-8-18(10)2)17-12-5-3-4-6-13(12)21(19,20)14(15)16/h3-6,10-11,14,17H,7-9H2,1-2H3. The average Bonchev–Trinajstić information content (AvgIpc) is 2.43. The number of alkyl halides is 2. The minimum atomic E-state index is -4.59. The topological polar surface area (TPSA) is 49.4 Å². The predicted molar refractivity (Wildman–Crippen MR) is 78.4 cm³/mol. The lowest BCUT2D eigenvalue weighted by Gasteiger charge is -2.36. The zero-order valence-electron chi connectivity index (χ0n) is 12.1. The van der Waals surface area contributed by atoms with Crippen LogP contribution in [0.15, 0.2) is 29.2 Å². The van der Waals surface area contributed by atoms with Gasteiger partial charge in [0.25, 0.3) is 0 Å². The van der Waals surface area contributed by atoms with Crippen molar-refractivity contribution in [1.29, 1.82) is 0 Å². The van der Waals surface area contributed by atoms with E-state index in [2.05, 4.69) is 17.1 Å². The maximum Gasteiger partial charge on any atom is 0.341 e. The molecule has 1 heterocycles. The van der Waals surface area contributed by atoms with E-state index in [9.17, 15) is 17.2 Å². The molecule has 0 saturated carbocycles. The Balaban J connectivity index is 2.22. The second-order valence-electron chi connectivity index (χ2n) is 5.50. The molecule has 1 N–H and O–H groups in total. The minimum absolute atomic E-state index is 0.0882. The van der Waals surface area contributed by atoms with Gasteiger partial charge in [0.2, 0.25) is 9.84 Å². The number of sulfone groups is 1. The second-order valence-corrected chi connectivity index (χ2v) is 7.38. The molecular weight excluding hydrogens is 298 g/mol. The molecule has 2 atom stereocenters. The number of para-hydroxylation sites is 1. The third-order valence-corrected chi connectivity index (χ3v) is 5.43. The smallest absolute Gasteiger partial charge is 0.341 e. The minimum Gasteiger partial charge on any atom is -0.381 e. The molecule has 0 amide bonds. The summed E-state index contributed by atoms with van der Waals surface area (Å²) in [7, 11) is -2.55. The summed E-state index contributed by atoms with van der Waals surface area (Å²) < 4.78 is 48.9. The highest BCUT2D eigenvalue weighted by atomic mass is 32.2. The van der Waals surface area contributed by atoms with Gasteiger partial charge in [0, 0.05) is 18.6 Å². The number of nitrogens with one attached hydrogen (secondary N) is 1. The Morgan fingerprint density at radius 3 is 2.62 bits per heavy atom. The van der Waals surface area contributed by atoms with Gasteiger partial charge in [-0.3, -0.25) is 0 Å². The number of hydrogen-bond donors (Lipinski definition) is 1. The van der Waals surface area contributed by atoms with Crippen LogP contribution < -0.4 is 5.32 Å². The van der Waals surface area contributed by atoms with Crippen molar-refractivity contribution >= 4 is 15.5 Å². The third kappa shape index (κ3) is 3.52. The van der Waals surface area contributed by atoms with E-state index in [1.807, 2.05) is 7.05 Å². The van der Waals surface area contributed by atoms with Crippen molar-refractivity contribution < 1.29 is 17.2 Å². The van der Waals surface area contributed by atoms with Crippen LogP contribution in [0.2, 0.25) is 0 Å². The van der Waals surface area contributed by atoms with Crippen LogP contribution in [-0.4, -0.2) is 44.8 Å². The van der Waals surface area contributed by atoms with Crippen LogP contribution in [0, 0.1) is 0 Å². The first-order chi connectivity index (χ1) is 9.82. The zero-order chi connectivity index (χ0) is 15.6. The number of hydrogen-bond acceptors (Lipinski definition) is 4. The van der Waals surface area contributed by atoms with E-state index in [4.69, 9.17) is 0 Å². The maximum atomic E-state index is 12.7. The molecule has 2 rings (SSSR count). The Morgan fingerprint density at radius 1 is 1.33 bits per heavy atom. The molecule has 1 fully saturated rings. The quantitative estimate of drug-likeness (QED) is 0.927. The molecule has 0 radical (unpaired) electrons. The molecular formula is C14H20F2N2O2S. The summed E-state index contributed by atoms with van der Waals surface area (Å²) in [5, 5.41) is 3.12. The summed E-state index contributed by atoms with van der Waals surface area (Å²) in [6.07, 6.45) is 1.70. The van der Waals surface area contributed by atoms with Gasteiger partial charge in [0.05, 0.1) is 10.6 Å². The Kier molecular flexibility index (Phi) is 4.83. The highest BCUT2D eigenvalue weighted by Gasteiger charge is 2.30. The molecule has 0 bridgehead atoms. The summed E-state index contributed by atoms with van der Waals surface area (Å²) in [6.45, 7) is 2.98. The first kappa shape index (κ1) is 16.2. The summed E-state index contributed by atoms with van der Waals surface area (Å²) in [4.78, 5) is 1.89. The highest BCUT2D eigenvalue weighted by Crippen LogP contribution is 2.28. The van der Waals surface area contributed by atoms with Gasteiger partial charge in [-0.25, -0.2) is 8.42 Å². The van der Waals surface area contributed by atoms with Gasteiger partial charge < -0.3 is 10.2 Å². The SMILES string of the molecule is CC1CC(Nc2ccccc2S(=O)(=O)C(F)F)CCN1C. The summed E-state index contributed by atoms with van der Waals surface area (Å²) in [5.74, 6) is -3.41. The molecule has 1 aliphatic rings. The van der Waals surface area contributed by atoms with Crippen molar-refractivity contribution in [1.82, 2.24) is 4.90 Å². The maximum absolute atomic E-state index is 12.7. The monoisotopic (exact) mass is 318 g/mol. The van der Waals surface area contributed by atoms with Gasteiger partial charge in [-0.05, 0) is 38.9 Å². The summed E-state index contributed by atoms with van der Waals surface area (Å²) in [6, 6.07) is 6.32. The first-order valence-electron chi connectivity index (χ1n) is 6.90. The van der Waals surface area contributed by atoms with Crippen molar-refractivity contribution in [2.45, 2.75) is 42.5 Å². The lowest BCUT2D eigenvalue weighted by atomic mass is 9.99. The Bertz CT molecular complexity index is 592. The van der Waals surface area contributed by atoms with E-state index in [1.165, 1.54) is 18.2 Å². The van der Waals surface area contributed by atoms with Crippen LogP contribution in [0.3, 0.4) is 0 Å².